The number of aliphatic imine (C=N–C) groups is 1. The molecule has 1 amide bonds. The zero-order chi connectivity index (χ0) is 18.1. The second-order valence-corrected chi connectivity index (χ2v) is 6.85. The van der Waals surface area contributed by atoms with Crippen LogP contribution in [-0.4, -0.2) is 98.4 Å². The number of guanidine groups is 1. The molecule has 26 heavy (non-hydrogen) atoms. The molecule has 0 atom stereocenters. The smallest absolute Gasteiger partial charge is 0.234 e. The van der Waals surface area contributed by atoms with E-state index in [9.17, 15) is 9.90 Å². The fourth-order valence-electron chi connectivity index (χ4n) is 3.06. The van der Waals surface area contributed by atoms with E-state index in [0.717, 1.165) is 57.9 Å². The average Bonchev–Trinajstić information content (AvgIpc) is 2.58. The van der Waals surface area contributed by atoms with Crippen LogP contribution in [0.15, 0.2) is 4.99 Å². The van der Waals surface area contributed by atoms with E-state index in [1.807, 2.05) is 6.92 Å². The molecule has 1 saturated heterocycles. The first-order chi connectivity index (χ1) is 12.1. The maximum atomic E-state index is 11.9. The molecule has 0 radical (unpaired) electrons. The van der Waals surface area contributed by atoms with Gasteiger partial charge < -0.3 is 25.4 Å². The predicted octanol–water partition coefficient (Wildman–Crippen LogP) is -0.135. The van der Waals surface area contributed by atoms with Gasteiger partial charge in [0.05, 0.1) is 25.3 Å². The van der Waals surface area contributed by atoms with Gasteiger partial charge in [-0.25, -0.2) is 0 Å². The van der Waals surface area contributed by atoms with Crippen molar-refractivity contribution in [3.63, 3.8) is 0 Å². The van der Waals surface area contributed by atoms with Gasteiger partial charge in [-0.2, -0.15) is 0 Å². The van der Waals surface area contributed by atoms with Crippen LogP contribution >= 0.6 is 24.0 Å². The highest BCUT2D eigenvalue weighted by Gasteiger charge is 2.34. The average molecular weight is 483 g/mol. The summed E-state index contributed by atoms with van der Waals surface area (Å²) in [6.45, 7) is 8.14. The maximum absolute atomic E-state index is 11.9. The van der Waals surface area contributed by atoms with Crippen LogP contribution in [0.4, 0.5) is 0 Å². The number of methoxy groups -OCH3 is 1. The first-order valence-electron chi connectivity index (χ1n) is 9.30. The van der Waals surface area contributed by atoms with Crippen molar-refractivity contribution in [2.75, 3.05) is 66.1 Å². The molecule has 2 rings (SSSR count). The fourth-order valence-corrected chi connectivity index (χ4v) is 3.06. The first-order valence-corrected chi connectivity index (χ1v) is 9.30. The molecule has 2 aliphatic rings. The van der Waals surface area contributed by atoms with Crippen LogP contribution < -0.4 is 10.6 Å². The highest BCUT2D eigenvalue weighted by molar-refractivity contribution is 14.0. The molecule has 0 aromatic carbocycles. The standard InChI is InChI=1S/C17H33N5O3.HI/c1-3-18-16(20-14-17(24)5-4-6-17)22-10-8-21(9-11-22)13-15(23)19-7-12-25-2;/h24H,3-14H2,1-2H3,(H,18,20)(H,19,23);1H. The Labute approximate surface area is 173 Å². The summed E-state index contributed by atoms with van der Waals surface area (Å²) in [5, 5.41) is 16.4. The third kappa shape index (κ3) is 7.53. The first kappa shape index (κ1) is 23.4. The second-order valence-electron chi connectivity index (χ2n) is 6.85. The largest absolute Gasteiger partial charge is 0.388 e. The topological polar surface area (TPSA) is 89.4 Å². The SMILES string of the molecule is CCNC(=NCC1(O)CCC1)N1CCN(CC(=O)NCCOC)CC1.I. The quantitative estimate of drug-likeness (QED) is 0.193. The molecule has 1 aliphatic heterocycles. The highest BCUT2D eigenvalue weighted by atomic mass is 127. The molecule has 0 spiro atoms. The molecule has 0 bridgehead atoms. The van der Waals surface area contributed by atoms with E-state index < -0.39 is 5.60 Å². The van der Waals surface area contributed by atoms with Crippen LogP contribution in [0.2, 0.25) is 0 Å². The lowest BCUT2D eigenvalue weighted by atomic mass is 9.80. The molecule has 9 heteroatoms. The van der Waals surface area contributed by atoms with Gasteiger partial charge in [-0.3, -0.25) is 14.7 Å². The van der Waals surface area contributed by atoms with Crippen molar-refractivity contribution in [2.45, 2.75) is 31.8 Å². The summed E-state index contributed by atoms with van der Waals surface area (Å²) in [5.41, 5.74) is -0.594. The van der Waals surface area contributed by atoms with Gasteiger partial charge in [0.1, 0.15) is 0 Å². The van der Waals surface area contributed by atoms with Crippen molar-refractivity contribution >= 4 is 35.8 Å². The second kappa shape index (κ2) is 11.9. The van der Waals surface area contributed by atoms with Gasteiger partial charge in [0.25, 0.3) is 0 Å². The van der Waals surface area contributed by atoms with E-state index in [0.29, 0.717) is 26.2 Å². The van der Waals surface area contributed by atoms with Crippen molar-refractivity contribution < 1.29 is 14.6 Å². The van der Waals surface area contributed by atoms with Crippen molar-refractivity contribution in [3.8, 4) is 0 Å². The number of ether oxygens (including phenoxy) is 1. The van der Waals surface area contributed by atoms with E-state index in [1.54, 1.807) is 7.11 Å². The lowest BCUT2D eigenvalue weighted by Crippen LogP contribution is -2.54. The van der Waals surface area contributed by atoms with Gasteiger partial charge in [-0.15, -0.1) is 24.0 Å². The number of nitrogens with zero attached hydrogens (tertiary/aromatic N) is 3. The van der Waals surface area contributed by atoms with Gasteiger partial charge >= 0.3 is 0 Å². The number of halogens is 1. The molecule has 1 heterocycles. The number of amides is 1. The third-order valence-electron chi connectivity index (χ3n) is 4.81. The molecular formula is C17H34IN5O3. The Hall–Kier alpha value is -0.650. The molecule has 0 aromatic heterocycles. The fraction of sp³-hybridized carbons (Fsp3) is 0.882. The van der Waals surface area contributed by atoms with E-state index >= 15 is 0 Å². The van der Waals surface area contributed by atoms with E-state index in [4.69, 9.17) is 4.74 Å². The zero-order valence-corrected chi connectivity index (χ0v) is 18.3. The highest BCUT2D eigenvalue weighted by Crippen LogP contribution is 2.31. The number of hydrogen-bond donors (Lipinski definition) is 3. The number of piperazine rings is 1. The van der Waals surface area contributed by atoms with Crippen molar-refractivity contribution in [3.05, 3.63) is 0 Å². The maximum Gasteiger partial charge on any atom is 0.234 e. The van der Waals surface area contributed by atoms with Crippen LogP contribution in [-0.2, 0) is 9.53 Å². The Morgan fingerprint density at radius 2 is 1.92 bits per heavy atom. The van der Waals surface area contributed by atoms with Crippen LogP contribution in [0, 0.1) is 0 Å². The van der Waals surface area contributed by atoms with Gasteiger partial charge in [-0.1, -0.05) is 0 Å². The van der Waals surface area contributed by atoms with Gasteiger partial charge in [0, 0.05) is 46.4 Å². The lowest BCUT2D eigenvalue weighted by molar-refractivity contribution is -0.122. The molecular weight excluding hydrogens is 449 g/mol. The number of carbonyl (C=O) groups excluding carboxylic acids is 1. The van der Waals surface area contributed by atoms with Gasteiger partial charge in [-0.05, 0) is 26.2 Å². The monoisotopic (exact) mass is 483 g/mol. The summed E-state index contributed by atoms with van der Waals surface area (Å²) in [6.07, 6.45) is 2.79. The molecule has 1 aliphatic carbocycles. The van der Waals surface area contributed by atoms with Gasteiger partial charge in [0.2, 0.25) is 5.91 Å². The summed E-state index contributed by atoms with van der Waals surface area (Å²) in [7, 11) is 1.62. The van der Waals surface area contributed by atoms with Crippen molar-refractivity contribution in [2.24, 2.45) is 4.99 Å². The molecule has 2 fully saturated rings. The lowest BCUT2D eigenvalue weighted by Gasteiger charge is -2.38. The summed E-state index contributed by atoms with van der Waals surface area (Å²) in [6, 6.07) is 0. The van der Waals surface area contributed by atoms with E-state index in [2.05, 4.69) is 25.4 Å². The van der Waals surface area contributed by atoms with Crippen molar-refractivity contribution in [1.29, 1.82) is 0 Å². The number of nitrogens with one attached hydrogen (secondary N) is 2. The van der Waals surface area contributed by atoms with Crippen LogP contribution in [0.1, 0.15) is 26.2 Å². The molecule has 152 valence electrons. The number of rotatable bonds is 8. The Kier molecular flexibility index (Phi) is 10.7. The molecule has 8 nitrogen and oxygen atoms in total. The minimum Gasteiger partial charge on any atom is -0.388 e. The van der Waals surface area contributed by atoms with Crippen molar-refractivity contribution in [1.82, 2.24) is 20.4 Å². The zero-order valence-electron chi connectivity index (χ0n) is 16.0. The van der Waals surface area contributed by atoms with E-state index in [1.165, 1.54) is 0 Å². The van der Waals surface area contributed by atoms with E-state index in [-0.39, 0.29) is 29.9 Å². The van der Waals surface area contributed by atoms with Crippen LogP contribution in [0.3, 0.4) is 0 Å². The minimum atomic E-state index is -0.594. The number of hydrogen-bond acceptors (Lipinski definition) is 5. The molecule has 0 unspecified atom stereocenters. The summed E-state index contributed by atoms with van der Waals surface area (Å²) >= 11 is 0. The summed E-state index contributed by atoms with van der Waals surface area (Å²) < 4.78 is 4.93. The Morgan fingerprint density at radius 3 is 2.46 bits per heavy atom. The number of carbonyl (C=O) groups is 1. The molecule has 0 aromatic rings. The predicted molar refractivity (Wildman–Crippen MR) is 113 cm³/mol. The van der Waals surface area contributed by atoms with Crippen LogP contribution in [0.5, 0.6) is 0 Å². The van der Waals surface area contributed by atoms with Gasteiger partial charge in [0.15, 0.2) is 5.96 Å². The minimum absolute atomic E-state index is 0. The summed E-state index contributed by atoms with van der Waals surface area (Å²) in [4.78, 5) is 20.9. The Morgan fingerprint density at radius 1 is 1.23 bits per heavy atom. The Balaban J connectivity index is 0.00000338. The molecule has 3 N–H and O–H groups in total. The molecule has 1 saturated carbocycles. The number of aliphatic hydroxyl groups is 1. The third-order valence-corrected chi connectivity index (χ3v) is 4.81. The Bertz CT molecular complexity index is 452. The van der Waals surface area contributed by atoms with Crippen LogP contribution in [0.25, 0.3) is 0 Å². The summed E-state index contributed by atoms with van der Waals surface area (Å²) in [5.74, 6) is 0.908. The normalized spacial score (nSPS) is 20.1.